The van der Waals surface area contributed by atoms with Gasteiger partial charge in [-0.2, -0.15) is 0 Å². The van der Waals surface area contributed by atoms with Gasteiger partial charge in [-0.05, 0) is 75.0 Å². The van der Waals surface area contributed by atoms with Crippen molar-refractivity contribution in [3.8, 4) is 11.5 Å². The van der Waals surface area contributed by atoms with Gasteiger partial charge in [0.05, 0.1) is 18.9 Å². The molecule has 2 aromatic carbocycles. The van der Waals surface area contributed by atoms with Gasteiger partial charge in [-0.1, -0.05) is 24.3 Å². The van der Waals surface area contributed by atoms with E-state index in [2.05, 4.69) is 4.90 Å². The van der Waals surface area contributed by atoms with Crippen LogP contribution in [0.1, 0.15) is 40.1 Å². The Morgan fingerprint density at radius 1 is 1.20 bits per heavy atom. The Labute approximate surface area is 205 Å². The van der Waals surface area contributed by atoms with E-state index in [1.54, 1.807) is 56.3 Å². The Bertz CT molecular complexity index is 1150. The van der Waals surface area contributed by atoms with Crippen molar-refractivity contribution in [3.63, 3.8) is 0 Å². The predicted octanol–water partition coefficient (Wildman–Crippen LogP) is 5.04. The van der Waals surface area contributed by atoms with E-state index in [0.29, 0.717) is 35.6 Å². The molecule has 0 saturated carbocycles. The van der Waals surface area contributed by atoms with Gasteiger partial charge < -0.3 is 19.2 Å². The van der Waals surface area contributed by atoms with Crippen molar-refractivity contribution in [2.75, 3.05) is 27.2 Å². The Balaban J connectivity index is 1.51. The van der Waals surface area contributed by atoms with Crippen LogP contribution in [0, 0.1) is 18.7 Å². The van der Waals surface area contributed by atoms with E-state index in [0.717, 1.165) is 31.5 Å². The fourth-order valence-corrected chi connectivity index (χ4v) is 5.08. The van der Waals surface area contributed by atoms with Crippen molar-refractivity contribution in [3.05, 3.63) is 83.1 Å². The highest BCUT2D eigenvalue weighted by Crippen LogP contribution is 2.32. The van der Waals surface area contributed by atoms with Crippen LogP contribution >= 0.6 is 0 Å². The number of amides is 1. The molecule has 0 radical (unpaired) electrons. The number of phenols is 1. The number of halogens is 1. The van der Waals surface area contributed by atoms with Gasteiger partial charge >= 0.3 is 0 Å². The highest BCUT2D eigenvalue weighted by molar-refractivity contribution is 5.95. The molecule has 35 heavy (non-hydrogen) atoms. The van der Waals surface area contributed by atoms with Gasteiger partial charge in [0.1, 0.15) is 23.1 Å². The number of nitrogens with zero attached hydrogens (tertiary/aromatic N) is 2. The van der Waals surface area contributed by atoms with Gasteiger partial charge in [-0.25, -0.2) is 4.39 Å². The minimum atomic E-state index is -0.248. The molecule has 7 heteroatoms. The number of piperidine rings is 1. The van der Waals surface area contributed by atoms with Crippen LogP contribution in [0.4, 0.5) is 4.39 Å². The van der Waals surface area contributed by atoms with Gasteiger partial charge in [0.15, 0.2) is 0 Å². The summed E-state index contributed by atoms with van der Waals surface area (Å²) >= 11 is 0. The van der Waals surface area contributed by atoms with E-state index < -0.39 is 0 Å². The molecule has 1 aromatic heterocycles. The van der Waals surface area contributed by atoms with Crippen LogP contribution in [0.15, 0.2) is 59.2 Å². The normalized spacial score (nSPS) is 15.7. The third-order valence-electron chi connectivity index (χ3n) is 7.18. The average molecular weight is 481 g/mol. The Hall–Kier alpha value is -3.32. The zero-order valence-corrected chi connectivity index (χ0v) is 20.5. The minimum absolute atomic E-state index is 0.112. The van der Waals surface area contributed by atoms with Gasteiger partial charge in [0.25, 0.3) is 5.91 Å². The topological polar surface area (TPSA) is 66.2 Å². The second-order valence-electron chi connectivity index (χ2n) is 9.24. The number of likely N-dealkylation sites (tertiary alicyclic amines) is 1. The summed E-state index contributed by atoms with van der Waals surface area (Å²) in [6, 6.07) is 13.6. The summed E-state index contributed by atoms with van der Waals surface area (Å²) in [4.78, 5) is 17.4. The maximum absolute atomic E-state index is 14.6. The van der Waals surface area contributed by atoms with Crippen molar-refractivity contribution >= 4 is 5.91 Å². The summed E-state index contributed by atoms with van der Waals surface area (Å²) in [5.41, 5.74) is 1.93. The zero-order valence-electron chi connectivity index (χ0n) is 20.5. The highest BCUT2D eigenvalue weighted by Gasteiger charge is 2.33. The lowest BCUT2D eigenvalue weighted by atomic mass is 9.84. The minimum Gasteiger partial charge on any atom is -0.507 e. The summed E-state index contributed by atoms with van der Waals surface area (Å²) in [5.74, 6) is 1.33. The van der Waals surface area contributed by atoms with E-state index in [4.69, 9.17) is 9.15 Å². The first-order valence-electron chi connectivity index (χ1n) is 12.0. The molecule has 1 atom stereocenters. The van der Waals surface area contributed by atoms with Crippen LogP contribution in [0.5, 0.6) is 11.5 Å². The first-order chi connectivity index (χ1) is 16.9. The standard InChI is InChI=1S/C28H33FN2O4/c1-19-22(13-16-35-19)28(33)30(2)25(17-21-7-4-5-8-24(21)29)20-11-14-31(15-12-20)18-23-26(32)9-6-10-27(23)34-3/h4-10,13,16,20,25,32H,11-12,14-15,17-18H2,1-3H3/t25-/m0/s1. The third kappa shape index (κ3) is 5.51. The lowest BCUT2D eigenvalue weighted by Crippen LogP contribution is -2.47. The number of aromatic hydroxyl groups is 1. The molecule has 1 N–H and O–H groups in total. The van der Waals surface area contributed by atoms with E-state index >= 15 is 0 Å². The molecule has 0 aliphatic carbocycles. The molecule has 186 valence electrons. The molecular formula is C28H33FN2O4. The fraction of sp³-hybridized carbons (Fsp3) is 0.393. The van der Waals surface area contributed by atoms with Gasteiger partial charge in [-0.15, -0.1) is 0 Å². The summed E-state index contributed by atoms with van der Waals surface area (Å²) < 4.78 is 25.4. The number of carbonyl (C=O) groups excluding carboxylic acids is 1. The number of furan rings is 1. The van der Waals surface area contributed by atoms with E-state index in [9.17, 15) is 14.3 Å². The molecule has 4 rings (SSSR count). The number of methoxy groups -OCH3 is 1. The molecule has 1 amide bonds. The van der Waals surface area contributed by atoms with Crippen molar-refractivity contribution in [1.29, 1.82) is 0 Å². The van der Waals surface area contributed by atoms with Crippen LogP contribution in [-0.2, 0) is 13.0 Å². The number of carbonyl (C=O) groups is 1. The Kier molecular flexibility index (Phi) is 7.76. The molecule has 1 saturated heterocycles. The molecule has 6 nitrogen and oxygen atoms in total. The maximum Gasteiger partial charge on any atom is 0.257 e. The summed E-state index contributed by atoms with van der Waals surface area (Å²) in [5, 5.41) is 10.3. The second kappa shape index (κ2) is 11.0. The van der Waals surface area contributed by atoms with E-state index in [-0.39, 0.29) is 29.4 Å². The van der Waals surface area contributed by atoms with Gasteiger partial charge in [0.2, 0.25) is 0 Å². The zero-order chi connectivity index (χ0) is 24.9. The van der Waals surface area contributed by atoms with E-state index in [1.165, 1.54) is 12.3 Å². The van der Waals surface area contributed by atoms with E-state index in [1.807, 2.05) is 12.1 Å². The molecule has 1 aliphatic heterocycles. The number of phenolic OH excluding ortho intramolecular Hbond substituents is 1. The average Bonchev–Trinajstić information content (AvgIpc) is 3.30. The highest BCUT2D eigenvalue weighted by atomic mass is 19.1. The number of rotatable bonds is 8. The second-order valence-corrected chi connectivity index (χ2v) is 9.24. The van der Waals surface area contributed by atoms with Crippen molar-refractivity contribution in [1.82, 2.24) is 9.80 Å². The maximum atomic E-state index is 14.6. The monoisotopic (exact) mass is 480 g/mol. The first-order valence-corrected chi connectivity index (χ1v) is 12.0. The van der Waals surface area contributed by atoms with Crippen molar-refractivity contribution in [2.45, 2.75) is 38.8 Å². The molecule has 1 fully saturated rings. The van der Waals surface area contributed by atoms with Crippen molar-refractivity contribution < 1.29 is 23.4 Å². The summed E-state index contributed by atoms with van der Waals surface area (Å²) in [6.07, 6.45) is 3.69. The molecular weight excluding hydrogens is 447 g/mol. The smallest absolute Gasteiger partial charge is 0.257 e. The lowest BCUT2D eigenvalue weighted by molar-refractivity contribution is 0.0580. The van der Waals surface area contributed by atoms with Crippen LogP contribution in [0.2, 0.25) is 0 Å². The fourth-order valence-electron chi connectivity index (χ4n) is 5.08. The van der Waals surface area contributed by atoms with Crippen LogP contribution in [-0.4, -0.2) is 54.1 Å². The first kappa shape index (κ1) is 24.8. The summed E-state index contributed by atoms with van der Waals surface area (Å²) in [7, 11) is 3.41. The number of benzene rings is 2. The SMILES string of the molecule is COc1cccc(O)c1CN1CCC([C@H](Cc2ccccc2F)N(C)C(=O)c2ccoc2C)CC1. The molecule has 0 unspecified atom stereocenters. The number of aryl methyl sites for hydroxylation is 1. The molecule has 0 bridgehead atoms. The predicted molar refractivity (Wildman–Crippen MR) is 132 cm³/mol. The summed E-state index contributed by atoms with van der Waals surface area (Å²) in [6.45, 7) is 3.98. The number of likely N-dealkylation sites (N-methyl/N-ethyl adjacent to an activating group) is 1. The van der Waals surface area contributed by atoms with Crippen LogP contribution in [0.3, 0.4) is 0 Å². The van der Waals surface area contributed by atoms with Crippen LogP contribution < -0.4 is 4.74 Å². The number of hydrogen-bond donors (Lipinski definition) is 1. The van der Waals surface area contributed by atoms with Gasteiger partial charge in [0, 0.05) is 25.2 Å². The third-order valence-corrected chi connectivity index (χ3v) is 7.18. The van der Waals surface area contributed by atoms with Crippen molar-refractivity contribution in [2.24, 2.45) is 5.92 Å². The number of ether oxygens (including phenoxy) is 1. The molecule has 2 heterocycles. The largest absolute Gasteiger partial charge is 0.507 e. The molecule has 0 spiro atoms. The Morgan fingerprint density at radius 2 is 1.94 bits per heavy atom. The molecule has 3 aromatic rings. The number of hydrogen-bond acceptors (Lipinski definition) is 5. The van der Waals surface area contributed by atoms with Crippen LogP contribution in [0.25, 0.3) is 0 Å². The lowest BCUT2D eigenvalue weighted by Gasteiger charge is -2.40. The molecule has 1 aliphatic rings. The van der Waals surface area contributed by atoms with Gasteiger partial charge in [-0.3, -0.25) is 9.69 Å². The Morgan fingerprint density at radius 3 is 2.60 bits per heavy atom. The quantitative estimate of drug-likeness (QED) is 0.490.